The second-order valence-electron chi connectivity index (χ2n) is 4.01. The first kappa shape index (κ1) is 14.8. The number of aromatic nitrogens is 1. The Morgan fingerprint density at radius 2 is 2.20 bits per heavy atom. The number of carboxylic acid groups (broad SMARTS) is 1. The van der Waals surface area contributed by atoms with Crippen LogP contribution in [-0.2, 0) is 9.36 Å². The standard InChI is InChI=1S/C12H12ClN2O4P/c1-8(12(16)17)15(20(13)18)19-11-6-2-5-10-9(11)4-3-7-14-10/h2-8,20H,1H3,(H,16,17). The van der Waals surface area contributed by atoms with E-state index in [1.807, 2.05) is 0 Å². The maximum Gasteiger partial charge on any atom is 0.324 e. The van der Waals surface area contributed by atoms with Gasteiger partial charge in [0.1, 0.15) is 6.04 Å². The molecule has 2 aromatic rings. The first-order valence-corrected chi connectivity index (χ1v) is 8.10. The Labute approximate surface area is 120 Å². The molecule has 6 nitrogen and oxygen atoms in total. The average Bonchev–Trinajstić information content (AvgIpc) is 2.43. The van der Waals surface area contributed by atoms with E-state index < -0.39 is 19.3 Å². The fraction of sp³-hybridized carbons (Fsp3) is 0.167. The Bertz CT molecular complexity index is 661. The van der Waals surface area contributed by atoms with Crippen molar-refractivity contribution in [2.75, 3.05) is 0 Å². The van der Waals surface area contributed by atoms with E-state index in [1.165, 1.54) is 6.92 Å². The molecule has 0 saturated carbocycles. The normalized spacial score (nSPS) is 14.2. The van der Waals surface area contributed by atoms with E-state index in [9.17, 15) is 9.36 Å². The molecule has 0 aliphatic heterocycles. The smallest absolute Gasteiger partial charge is 0.324 e. The number of carbonyl (C=O) groups is 1. The number of hydroxylamine groups is 1. The van der Waals surface area contributed by atoms with Crippen LogP contribution in [-0.4, -0.2) is 26.9 Å². The Balaban J connectivity index is 2.39. The van der Waals surface area contributed by atoms with Crippen molar-refractivity contribution in [3.8, 4) is 5.75 Å². The number of hydrogen-bond acceptors (Lipinski definition) is 4. The maximum atomic E-state index is 11.5. The average molecular weight is 315 g/mol. The lowest BCUT2D eigenvalue weighted by Crippen LogP contribution is -2.35. The Morgan fingerprint density at radius 1 is 1.45 bits per heavy atom. The summed E-state index contributed by atoms with van der Waals surface area (Å²) in [5.41, 5.74) is 0.683. The van der Waals surface area contributed by atoms with Gasteiger partial charge in [-0.05, 0) is 42.4 Å². The molecule has 0 amide bonds. The molecular weight excluding hydrogens is 303 g/mol. The van der Waals surface area contributed by atoms with Crippen LogP contribution in [0.5, 0.6) is 5.75 Å². The largest absolute Gasteiger partial charge is 0.480 e. The quantitative estimate of drug-likeness (QED) is 0.675. The summed E-state index contributed by atoms with van der Waals surface area (Å²) in [4.78, 5) is 21.4. The second-order valence-corrected chi connectivity index (χ2v) is 5.93. The lowest BCUT2D eigenvalue weighted by molar-refractivity contribution is -0.147. The maximum absolute atomic E-state index is 11.5. The summed E-state index contributed by atoms with van der Waals surface area (Å²) in [6.45, 7) is 1.34. The third-order valence-corrected chi connectivity index (χ3v) is 4.01. The molecule has 1 aromatic heterocycles. The predicted octanol–water partition coefficient (Wildman–Crippen LogP) is 2.93. The summed E-state index contributed by atoms with van der Waals surface area (Å²) in [5.74, 6) is -0.829. The van der Waals surface area contributed by atoms with Gasteiger partial charge in [0.05, 0.1) is 5.52 Å². The Kier molecular flexibility index (Phi) is 4.60. The fourth-order valence-electron chi connectivity index (χ4n) is 1.63. The molecule has 8 heteroatoms. The highest BCUT2D eigenvalue weighted by Gasteiger charge is 2.27. The summed E-state index contributed by atoms with van der Waals surface area (Å²) < 4.78 is 11.5. The lowest BCUT2D eigenvalue weighted by atomic mass is 10.2. The molecule has 1 aromatic carbocycles. The number of halogens is 1. The van der Waals surface area contributed by atoms with E-state index in [-0.39, 0.29) is 0 Å². The molecule has 106 valence electrons. The minimum atomic E-state index is -2.85. The minimum absolute atomic E-state index is 0.350. The van der Waals surface area contributed by atoms with E-state index in [0.29, 0.717) is 16.7 Å². The number of nitrogens with zero attached hydrogens (tertiary/aromatic N) is 2. The van der Waals surface area contributed by atoms with Gasteiger partial charge in [0.2, 0.25) is 0 Å². The van der Waals surface area contributed by atoms with E-state index in [4.69, 9.17) is 21.2 Å². The number of fused-ring (bicyclic) bond motifs is 1. The molecule has 0 aliphatic rings. The number of pyridine rings is 1. The molecule has 20 heavy (non-hydrogen) atoms. The third-order valence-electron chi connectivity index (χ3n) is 2.68. The van der Waals surface area contributed by atoms with E-state index in [2.05, 4.69) is 4.98 Å². The van der Waals surface area contributed by atoms with Crippen molar-refractivity contribution in [3.05, 3.63) is 36.5 Å². The van der Waals surface area contributed by atoms with Crippen molar-refractivity contribution in [1.82, 2.24) is 9.82 Å². The predicted molar refractivity (Wildman–Crippen MR) is 76.2 cm³/mol. The van der Waals surface area contributed by atoms with Gasteiger partial charge < -0.3 is 9.94 Å². The number of benzene rings is 1. The van der Waals surface area contributed by atoms with Crippen molar-refractivity contribution in [2.24, 2.45) is 0 Å². The van der Waals surface area contributed by atoms with Gasteiger partial charge in [0.15, 0.2) is 5.75 Å². The van der Waals surface area contributed by atoms with Gasteiger partial charge >= 0.3 is 5.97 Å². The van der Waals surface area contributed by atoms with Crippen molar-refractivity contribution in [2.45, 2.75) is 13.0 Å². The summed E-state index contributed by atoms with van der Waals surface area (Å²) in [5, 5.41) is 9.66. The third kappa shape index (κ3) is 3.10. The first-order valence-electron chi connectivity index (χ1n) is 5.74. The number of rotatable bonds is 5. The molecule has 1 heterocycles. The number of carboxylic acids is 1. The van der Waals surface area contributed by atoms with Crippen molar-refractivity contribution < 1.29 is 19.3 Å². The van der Waals surface area contributed by atoms with Gasteiger partial charge in [-0.25, -0.2) is 0 Å². The van der Waals surface area contributed by atoms with Crippen LogP contribution in [0.15, 0.2) is 36.5 Å². The minimum Gasteiger partial charge on any atom is -0.480 e. The molecule has 2 unspecified atom stereocenters. The van der Waals surface area contributed by atoms with Crippen LogP contribution in [0.1, 0.15) is 6.92 Å². The van der Waals surface area contributed by atoms with Crippen LogP contribution in [0.25, 0.3) is 10.9 Å². The highest BCUT2D eigenvalue weighted by atomic mass is 35.7. The number of aliphatic carboxylic acids is 1. The van der Waals surface area contributed by atoms with Crippen LogP contribution >= 0.6 is 18.5 Å². The van der Waals surface area contributed by atoms with Crippen molar-refractivity contribution in [1.29, 1.82) is 0 Å². The summed E-state index contributed by atoms with van der Waals surface area (Å²) in [6, 6.07) is 7.49. The highest BCUT2D eigenvalue weighted by molar-refractivity contribution is 7.71. The zero-order chi connectivity index (χ0) is 14.7. The van der Waals surface area contributed by atoms with Crippen molar-refractivity contribution in [3.63, 3.8) is 0 Å². The van der Waals surface area contributed by atoms with Gasteiger partial charge in [-0.15, -0.1) is 0 Å². The zero-order valence-electron chi connectivity index (χ0n) is 10.5. The van der Waals surface area contributed by atoms with E-state index in [0.717, 1.165) is 4.83 Å². The topological polar surface area (TPSA) is 79.7 Å². The molecule has 0 bridgehead atoms. The number of hydrogen-bond donors (Lipinski definition) is 1. The van der Waals surface area contributed by atoms with Gasteiger partial charge in [0, 0.05) is 11.6 Å². The highest BCUT2D eigenvalue weighted by Crippen LogP contribution is 2.37. The molecule has 2 rings (SSSR count). The monoisotopic (exact) mass is 314 g/mol. The van der Waals surface area contributed by atoms with Crippen LogP contribution in [0, 0.1) is 0 Å². The van der Waals surface area contributed by atoms with Crippen LogP contribution < -0.4 is 4.84 Å². The van der Waals surface area contributed by atoms with Gasteiger partial charge in [-0.2, -0.15) is 0 Å². The SMILES string of the molecule is CC(C(=O)O)N(Oc1cccc2ncccc12)[PH](=O)Cl. The van der Waals surface area contributed by atoms with Gasteiger partial charge in [-0.3, -0.25) is 14.3 Å². The van der Waals surface area contributed by atoms with E-state index in [1.54, 1.807) is 36.5 Å². The first-order chi connectivity index (χ1) is 9.50. The molecule has 0 saturated heterocycles. The molecule has 1 N–H and O–H groups in total. The molecule has 0 aliphatic carbocycles. The van der Waals surface area contributed by atoms with Crippen LogP contribution in [0.4, 0.5) is 0 Å². The molecule has 2 atom stereocenters. The van der Waals surface area contributed by atoms with Crippen LogP contribution in [0.3, 0.4) is 0 Å². The fourth-order valence-corrected chi connectivity index (χ4v) is 2.76. The summed E-state index contributed by atoms with van der Waals surface area (Å²) >= 11 is 5.55. The van der Waals surface area contributed by atoms with Crippen LogP contribution in [0.2, 0.25) is 0 Å². The second kappa shape index (κ2) is 6.22. The molecular formula is C12H12ClN2O4P. The Hall–Kier alpha value is -1.62. The van der Waals surface area contributed by atoms with Gasteiger partial charge in [0.25, 0.3) is 7.30 Å². The van der Waals surface area contributed by atoms with E-state index >= 15 is 0 Å². The lowest BCUT2D eigenvalue weighted by Gasteiger charge is -2.23. The Morgan fingerprint density at radius 3 is 2.85 bits per heavy atom. The zero-order valence-corrected chi connectivity index (χ0v) is 12.2. The summed E-state index contributed by atoms with van der Waals surface area (Å²) in [7, 11) is -2.85. The molecule has 0 radical (unpaired) electrons. The van der Waals surface area contributed by atoms with Crippen molar-refractivity contribution >= 4 is 35.4 Å². The molecule has 0 spiro atoms. The van der Waals surface area contributed by atoms with Gasteiger partial charge in [-0.1, -0.05) is 10.9 Å². The molecule has 0 fully saturated rings. The summed E-state index contributed by atoms with van der Waals surface area (Å²) in [6.07, 6.45) is 1.63.